The highest BCUT2D eigenvalue weighted by atomic mass is 16.6. The van der Waals surface area contributed by atoms with E-state index >= 15 is 0 Å². The first-order valence-corrected chi connectivity index (χ1v) is 9.22. The van der Waals surface area contributed by atoms with Crippen LogP contribution in [-0.2, 0) is 9.53 Å². The van der Waals surface area contributed by atoms with Gasteiger partial charge in [-0.1, -0.05) is 20.3 Å². The Morgan fingerprint density at radius 3 is 2.76 bits per heavy atom. The Morgan fingerprint density at radius 1 is 1.05 bits per heavy atom. The Kier molecular flexibility index (Phi) is 2.45. The number of ether oxygens (including phenoxy) is 1. The molecule has 0 radical (unpaired) electrons. The molecule has 0 aromatic heterocycles. The van der Waals surface area contributed by atoms with Crippen molar-refractivity contribution in [1.29, 1.82) is 0 Å². The number of carbonyl (C=O) groups excluding carboxylic acids is 1. The minimum absolute atomic E-state index is 0.0121. The Morgan fingerprint density at radius 2 is 1.90 bits per heavy atom. The molecule has 2 heteroatoms. The number of rotatable bonds is 0. The van der Waals surface area contributed by atoms with Gasteiger partial charge in [0.15, 0.2) is 5.78 Å². The summed E-state index contributed by atoms with van der Waals surface area (Å²) in [5, 5.41) is 0. The van der Waals surface area contributed by atoms with E-state index in [9.17, 15) is 4.79 Å². The molecule has 5 aliphatic rings. The van der Waals surface area contributed by atoms with Crippen molar-refractivity contribution in [2.24, 2.45) is 34.5 Å². The van der Waals surface area contributed by atoms with Gasteiger partial charge in [0.1, 0.15) is 6.10 Å². The zero-order valence-electron chi connectivity index (χ0n) is 13.4. The quantitative estimate of drug-likeness (QED) is 0.631. The van der Waals surface area contributed by atoms with Crippen LogP contribution >= 0.6 is 0 Å². The molecular weight excluding hydrogens is 260 g/mol. The molecule has 0 aromatic carbocycles. The smallest absolute Gasteiger partial charge is 0.164 e. The molecule has 5 fully saturated rings. The SMILES string of the molecule is C[C@@]12CCC[C@H]1[C@@H]1CC[C@H]3CC(=O)[C@@H]4O[C@@H]4[C@]3(C)[C@H]1CC2. The third-order valence-corrected chi connectivity index (χ3v) is 8.61. The van der Waals surface area contributed by atoms with Crippen molar-refractivity contribution in [2.45, 2.75) is 77.4 Å². The van der Waals surface area contributed by atoms with E-state index in [0.29, 0.717) is 22.5 Å². The van der Waals surface area contributed by atoms with Crippen molar-refractivity contribution < 1.29 is 9.53 Å². The lowest BCUT2D eigenvalue weighted by molar-refractivity contribution is -0.132. The second kappa shape index (κ2) is 3.93. The highest BCUT2D eigenvalue weighted by Gasteiger charge is 2.68. The molecule has 0 unspecified atom stereocenters. The van der Waals surface area contributed by atoms with E-state index in [2.05, 4.69) is 13.8 Å². The third kappa shape index (κ3) is 1.51. The van der Waals surface area contributed by atoms with E-state index in [1.165, 1.54) is 44.9 Å². The maximum atomic E-state index is 12.1. The fraction of sp³-hybridized carbons (Fsp3) is 0.947. The first-order valence-electron chi connectivity index (χ1n) is 9.22. The van der Waals surface area contributed by atoms with E-state index in [1.807, 2.05) is 0 Å². The van der Waals surface area contributed by atoms with E-state index < -0.39 is 0 Å². The maximum Gasteiger partial charge on any atom is 0.164 e. The molecule has 21 heavy (non-hydrogen) atoms. The number of epoxide rings is 1. The van der Waals surface area contributed by atoms with Gasteiger partial charge in [0.05, 0.1) is 6.10 Å². The summed E-state index contributed by atoms with van der Waals surface area (Å²) in [6.07, 6.45) is 10.9. The van der Waals surface area contributed by atoms with Gasteiger partial charge in [0, 0.05) is 11.8 Å². The molecule has 1 aliphatic heterocycles. The van der Waals surface area contributed by atoms with Gasteiger partial charge in [-0.05, 0) is 67.6 Å². The van der Waals surface area contributed by atoms with Gasteiger partial charge in [-0.15, -0.1) is 0 Å². The van der Waals surface area contributed by atoms with E-state index in [-0.39, 0.29) is 12.2 Å². The maximum absolute atomic E-state index is 12.1. The summed E-state index contributed by atoms with van der Waals surface area (Å²) >= 11 is 0. The zero-order chi connectivity index (χ0) is 14.4. The van der Waals surface area contributed by atoms with Crippen LogP contribution in [0.25, 0.3) is 0 Å². The summed E-state index contributed by atoms with van der Waals surface area (Å²) in [4.78, 5) is 12.1. The Balaban J connectivity index is 1.51. The highest BCUT2D eigenvalue weighted by Crippen LogP contribution is 2.68. The number of Topliss-reactive ketones (excluding diaryl/α,β-unsaturated/α-hetero) is 1. The minimum atomic E-state index is -0.0121. The molecule has 1 heterocycles. The van der Waals surface area contributed by atoms with Crippen molar-refractivity contribution in [1.82, 2.24) is 0 Å². The van der Waals surface area contributed by atoms with Crippen molar-refractivity contribution in [2.75, 3.05) is 0 Å². The lowest BCUT2D eigenvalue weighted by atomic mass is 9.45. The number of hydrogen-bond acceptors (Lipinski definition) is 2. The van der Waals surface area contributed by atoms with E-state index in [1.54, 1.807) is 0 Å². The second-order valence-electron chi connectivity index (χ2n) is 9.25. The molecule has 4 aliphatic carbocycles. The second-order valence-corrected chi connectivity index (χ2v) is 9.25. The van der Waals surface area contributed by atoms with Crippen LogP contribution in [0.5, 0.6) is 0 Å². The topological polar surface area (TPSA) is 29.6 Å². The lowest BCUT2D eigenvalue weighted by Crippen LogP contribution is -2.55. The lowest BCUT2D eigenvalue weighted by Gasteiger charge is -2.58. The van der Waals surface area contributed by atoms with Crippen LogP contribution < -0.4 is 0 Å². The molecule has 0 spiro atoms. The first kappa shape index (κ1) is 13.1. The summed E-state index contributed by atoms with van der Waals surface area (Å²) in [5.41, 5.74) is 0.948. The molecule has 116 valence electrons. The average molecular weight is 288 g/mol. The van der Waals surface area contributed by atoms with E-state index in [0.717, 1.165) is 24.2 Å². The number of carbonyl (C=O) groups is 1. The normalized spacial score (nSPS) is 61.5. The minimum Gasteiger partial charge on any atom is -0.361 e. The molecular formula is C19H28O2. The fourth-order valence-electron chi connectivity index (χ4n) is 7.42. The van der Waals surface area contributed by atoms with Gasteiger partial charge >= 0.3 is 0 Å². The molecule has 1 saturated heterocycles. The van der Waals surface area contributed by atoms with Crippen LogP contribution in [0.2, 0.25) is 0 Å². The van der Waals surface area contributed by atoms with Crippen LogP contribution in [0.4, 0.5) is 0 Å². The molecule has 0 N–H and O–H groups in total. The summed E-state index contributed by atoms with van der Waals surface area (Å²) in [6, 6.07) is 0. The molecule has 0 aromatic rings. The summed E-state index contributed by atoms with van der Waals surface area (Å²) in [7, 11) is 0. The van der Waals surface area contributed by atoms with Crippen LogP contribution in [0.15, 0.2) is 0 Å². The van der Waals surface area contributed by atoms with Gasteiger partial charge in [-0.25, -0.2) is 0 Å². The fourth-order valence-corrected chi connectivity index (χ4v) is 7.42. The van der Waals surface area contributed by atoms with Gasteiger partial charge < -0.3 is 4.74 Å². The number of fused-ring (bicyclic) bond motifs is 7. The Labute approximate surface area is 128 Å². The molecule has 5 rings (SSSR count). The predicted octanol–water partition coefficient (Wildman–Crippen LogP) is 3.98. The van der Waals surface area contributed by atoms with Crippen molar-refractivity contribution in [3.63, 3.8) is 0 Å². The van der Waals surface area contributed by atoms with Crippen molar-refractivity contribution >= 4 is 5.78 Å². The molecule has 0 amide bonds. The van der Waals surface area contributed by atoms with Crippen molar-refractivity contribution in [3.05, 3.63) is 0 Å². The molecule has 0 bridgehead atoms. The average Bonchev–Trinajstić information content (AvgIpc) is 3.17. The van der Waals surface area contributed by atoms with Gasteiger partial charge in [0.25, 0.3) is 0 Å². The first-order chi connectivity index (χ1) is 10.0. The Hall–Kier alpha value is -0.370. The van der Waals surface area contributed by atoms with Gasteiger partial charge in [-0.3, -0.25) is 4.79 Å². The summed E-state index contributed by atoms with van der Waals surface area (Å²) in [5.74, 6) is 3.73. The van der Waals surface area contributed by atoms with Crippen LogP contribution in [0, 0.1) is 34.5 Å². The van der Waals surface area contributed by atoms with E-state index in [4.69, 9.17) is 4.74 Å². The van der Waals surface area contributed by atoms with Crippen molar-refractivity contribution in [3.8, 4) is 0 Å². The Bertz CT molecular complexity index is 500. The van der Waals surface area contributed by atoms with Gasteiger partial charge in [-0.2, -0.15) is 0 Å². The molecule has 2 nitrogen and oxygen atoms in total. The summed E-state index contributed by atoms with van der Waals surface area (Å²) in [6.45, 7) is 5.05. The van der Waals surface area contributed by atoms with Crippen LogP contribution in [0.3, 0.4) is 0 Å². The molecule has 8 atom stereocenters. The number of ketones is 1. The molecule has 4 saturated carbocycles. The standard InChI is InChI=1S/C19H28O2/c1-18-8-3-4-13(18)12-6-5-11-10-15(20)16-17(21-16)19(11,2)14(12)7-9-18/h11-14,16-17H,3-10H2,1-2H3/t11-,12-,13-,14-,16-,17-,18-,19-/m0/s1. The van der Waals surface area contributed by atoms with Crippen LogP contribution in [0.1, 0.15) is 65.2 Å². The highest BCUT2D eigenvalue weighted by molar-refractivity contribution is 5.87. The largest absolute Gasteiger partial charge is 0.361 e. The third-order valence-electron chi connectivity index (χ3n) is 8.61. The van der Waals surface area contributed by atoms with Gasteiger partial charge in [0.2, 0.25) is 0 Å². The van der Waals surface area contributed by atoms with Crippen LogP contribution in [-0.4, -0.2) is 18.0 Å². The number of hydrogen-bond donors (Lipinski definition) is 0. The monoisotopic (exact) mass is 288 g/mol. The predicted molar refractivity (Wildman–Crippen MR) is 80.8 cm³/mol. The zero-order valence-corrected chi connectivity index (χ0v) is 13.4. The summed E-state index contributed by atoms with van der Waals surface area (Å²) < 4.78 is 5.90.